The van der Waals surface area contributed by atoms with E-state index in [1.165, 1.54) is 10.6 Å². The summed E-state index contributed by atoms with van der Waals surface area (Å²) >= 11 is 12.5. The normalized spacial score (nSPS) is 14.6. The zero-order valence-electron chi connectivity index (χ0n) is 18.6. The first-order chi connectivity index (χ1) is 16.8. The molecule has 0 fully saturated rings. The standard InChI is InChI=1S/C27H20Cl2N2O4/c28-18-5-6-22(29)20(11-18)21-12-26(35)31(23-7-8-24(33)27(21)23)14-19(32)9-15-1-3-16(4-2-15)17-10-25(34)30-13-17/h1-6,10-12H,7-9,13-14H2,(H,30,34). The van der Waals surface area contributed by atoms with Gasteiger partial charge >= 0.3 is 0 Å². The third kappa shape index (κ3) is 4.59. The third-order valence-electron chi connectivity index (χ3n) is 6.32. The number of nitrogens with one attached hydrogen (secondary N) is 1. The van der Waals surface area contributed by atoms with Crippen molar-refractivity contribution in [3.63, 3.8) is 0 Å². The number of benzene rings is 2. The van der Waals surface area contributed by atoms with Gasteiger partial charge in [0, 0.05) is 64.0 Å². The smallest absolute Gasteiger partial charge is 0.251 e. The topological polar surface area (TPSA) is 85.2 Å². The number of carbonyl (C=O) groups is 3. The minimum absolute atomic E-state index is 0.0861. The molecular weight excluding hydrogens is 487 g/mol. The molecule has 1 amide bonds. The summed E-state index contributed by atoms with van der Waals surface area (Å²) in [6, 6.07) is 13.7. The lowest BCUT2D eigenvalue weighted by atomic mass is 9.98. The first kappa shape index (κ1) is 23.3. The van der Waals surface area contributed by atoms with Gasteiger partial charge in [-0.1, -0.05) is 47.5 Å². The quantitative estimate of drug-likeness (QED) is 0.540. The van der Waals surface area contributed by atoms with Crippen LogP contribution in [0.25, 0.3) is 16.7 Å². The Morgan fingerprint density at radius 1 is 0.943 bits per heavy atom. The maximum absolute atomic E-state index is 13.1. The van der Waals surface area contributed by atoms with Crippen LogP contribution in [0.5, 0.6) is 0 Å². The Balaban J connectivity index is 1.41. The maximum atomic E-state index is 13.1. The van der Waals surface area contributed by atoms with Crippen LogP contribution in [0.15, 0.2) is 59.4 Å². The molecule has 0 unspecified atom stereocenters. The zero-order chi connectivity index (χ0) is 24.7. The van der Waals surface area contributed by atoms with E-state index < -0.39 is 0 Å². The molecule has 3 aromatic rings. The van der Waals surface area contributed by atoms with E-state index in [2.05, 4.69) is 5.32 Å². The van der Waals surface area contributed by atoms with Crippen LogP contribution < -0.4 is 10.9 Å². The number of halogens is 2. The van der Waals surface area contributed by atoms with Crippen LogP contribution >= 0.6 is 23.2 Å². The molecule has 1 N–H and O–H groups in total. The fourth-order valence-electron chi connectivity index (χ4n) is 4.64. The Morgan fingerprint density at radius 3 is 2.43 bits per heavy atom. The van der Waals surface area contributed by atoms with Crippen LogP contribution in [0.1, 0.15) is 33.6 Å². The van der Waals surface area contributed by atoms with Crippen molar-refractivity contribution in [1.29, 1.82) is 0 Å². The molecule has 2 heterocycles. The molecule has 176 valence electrons. The van der Waals surface area contributed by atoms with Gasteiger partial charge in [0.15, 0.2) is 11.6 Å². The number of nitrogens with zero attached hydrogens (tertiary/aromatic N) is 1. The fourth-order valence-corrected chi connectivity index (χ4v) is 5.03. The van der Waals surface area contributed by atoms with Crippen LogP contribution in [-0.2, 0) is 29.0 Å². The van der Waals surface area contributed by atoms with Crippen molar-refractivity contribution in [3.8, 4) is 11.1 Å². The summed E-state index contributed by atoms with van der Waals surface area (Å²) < 4.78 is 1.40. The summed E-state index contributed by atoms with van der Waals surface area (Å²) in [5, 5.41) is 3.57. The number of Topliss-reactive ketones (excluding diaryl/α,β-unsaturated/α-hetero) is 2. The minimum atomic E-state index is -0.362. The molecule has 5 rings (SSSR count). The maximum Gasteiger partial charge on any atom is 0.251 e. The SMILES string of the molecule is O=C(Cc1ccc(C2=CC(=O)NC2)cc1)Cn1c2c(c(-c3cc(Cl)ccc3Cl)cc1=O)C(=O)CC2. The lowest BCUT2D eigenvalue weighted by molar-refractivity contribution is -0.119. The lowest BCUT2D eigenvalue weighted by Crippen LogP contribution is -2.28. The summed E-state index contributed by atoms with van der Waals surface area (Å²) in [6.07, 6.45) is 2.37. The summed E-state index contributed by atoms with van der Waals surface area (Å²) in [5.74, 6) is -0.344. The highest BCUT2D eigenvalue weighted by atomic mass is 35.5. The summed E-state index contributed by atoms with van der Waals surface area (Å²) in [5.41, 5.74) is 4.23. The van der Waals surface area contributed by atoms with Gasteiger partial charge in [0.1, 0.15) is 0 Å². The largest absolute Gasteiger partial charge is 0.348 e. The minimum Gasteiger partial charge on any atom is -0.348 e. The number of carbonyl (C=O) groups excluding carboxylic acids is 3. The molecule has 1 aromatic heterocycles. The molecule has 0 bridgehead atoms. The second-order valence-electron chi connectivity index (χ2n) is 8.65. The molecule has 8 heteroatoms. The highest BCUT2D eigenvalue weighted by Crippen LogP contribution is 2.36. The van der Waals surface area contributed by atoms with E-state index in [9.17, 15) is 19.2 Å². The van der Waals surface area contributed by atoms with E-state index in [0.717, 1.165) is 16.7 Å². The molecule has 0 atom stereocenters. The molecule has 2 aliphatic rings. The predicted molar refractivity (Wildman–Crippen MR) is 135 cm³/mol. The molecule has 35 heavy (non-hydrogen) atoms. The number of aromatic nitrogens is 1. The van der Waals surface area contributed by atoms with Crippen molar-refractivity contribution in [1.82, 2.24) is 9.88 Å². The highest BCUT2D eigenvalue weighted by Gasteiger charge is 2.29. The first-order valence-corrected chi connectivity index (χ1v) is 11.9. The molecule has 0 radical (unpaired) electrons. The fraction of sp³-hybridized carbons (Fsp3) is 0.185. The Morgan fingerprint density at radius 2 is 1.71 bits per heavy atom. The molecule has 1 aliphatic heterocycles. The molecule has 0 saturated heterocycles. The van der Waals surface area contributed by atoms with Crippen molar-refractivity contribution in [2.75, 3.05) is 6.54 Å². The molecule has 0 saturated carbocycles. The van der Waals surface area contributed by atoms with Gasteiger partial charge in [-0.25, -0.2) is 0 Å². The Labute approximate surface area is 211 Å². The molecule has 6 nitrogen and oxygen atoms in total. The average molecular weight is 507 g/mol. The monoisotopic (exact) mass is 506 g/mol. The molecule has 1 aliphatic carbocycles. The predicted octanol–water partition coefficient (Wildman–Crippen LogP) is 4.28. The Kier molecular flexibility index (Phi) is 6.17. The Hall–Kier alpha value is -3.48. The van der Waals surface area contributed by atoms with Gasteiger partial charge in [-0.3, -0.25) is 19.2 Å². The van der Waals surface area contributed by atoms with E-state index >= 15 is 0 Å². The van der Waals surface area contributed by atoms with Crippen LogP contribution in [-0.4, -0.2) is 28.6 Å². The second kappa shape index (κ2) is 9.29. The van der Waals surface area contributed by atoms with Crippen molar-refractivity contribution in [2.24, 2.45) is 0 Å². The summed E-state index contributed by atoms with van der Waals surface area (Å²) in [7, 11) is 0. The van der Waals surface area contributed by atoms with E-state index in [0.29, 0.717) is 45.4 Å². The Bertz CT molecular complexity index is 1490. The van der Waals surface area contributed by atoms with Crippen molar-refractivity contribution in [3.05, 3.63) is 97.4 Å². The van der Waals surface area contributed by atoms with E-state index in [1.54, 1.807) is 24.3 Å². The van der Waals surface area contributed by atoms with Gasteiger partial charge in [-0.2, -0.15) is 0 Å². The van der Waals surface area contributed by atoms with Gasteiger partial charge in [-0.15, -0.1) is 0 Å². The first-order valence-electron chi connectivity index (χ1n) is 11.1. The van der Waals surface area contributed by atoms with Gasteiger partial charge in [-0.05, 0) is 41.3 Å². The van der Waals surface area contributed by atoms with E-state index in [1.807, 2.05) is 24.3 Å². The van der Waals surface area contributed by atoms with E-state index in [-0.39, 0.29) is 42.4 Å². The van der Waals surface area contributed by atoms with Gasteiger partial charge < -0.3 is 9.88 Å². The molecular formula is C27H20Cl2N2O4. The number of rotatable bonds is 6. The van der Waals surface area contributed by atoms with Crippen LogP contribution in [0.2, 0.25) is 10.0 Å². The van der Waals surface area contributed by atoms with Crippen molar-refractivity contribution in [2.45, 2.75) is 25.8 Å². The van der Waals surface area contributed by atoms with Gasteiger partial charge in [0.05, 0.1) is 6.54 Å². The zero-order valence-corrected chi connectivity index (χ0v) is 20.1. The van der Waals surface area contributed by atoms with Gasteiger partial charge in [0.2, 0.25) is 5.91 Å². The molecule has 2 aromatic carbocycles. The van der Waals surface area contributed by atoms with Crippen molar-refractivity contribution < 1.29 is 14.4 Å². The number of amides is 1. The van der Waals surface area contributed by atoms with Crippen LogP contribution in [0.4, 0.5) is 0 Å². The molecule has 0 spiro atoms. The van der Waals surface area contributed by atoms with Crippen LogP contribution in [0, 0.1) is 0 Å². The number of pyridine rings is 1. The number of hydrogen-bond acceptors (Lipinski definition) is 4. The lowest BCUT2D eigenvalue weighted by Gasteiger charge is -2.15. The second-order valence-corrected chi connectivity index (χ2v) is 9.49. The number of hydrogen-bond donors (Lipinski definition) is 1. The van der Waals surface area contributed by atoms with Crippen molar-refractivity contribution >= 4 is 46.2 Å². The van der Waals surface area contributed by atoms with Gasteiger partial charge in [0.25, 0.3) is 5.56 Å². The van der Waals surface area contributed by atoms with Crippen LogP contribution in [0.3, 0.4) is 0 Å². The summed E-state index contributed by atoms with van der Waals surface area (Å²) in [4.78, 5) is 50.1. The number of fused-ring (bicyclic) bond motifs is 1. The van der Waals surface area contributed by atoms with E-state index in [4.69, 9.17) is 23.2 Å². The third-order valence-corrected chi connectivity index (χ3v) is 6.89. The average Bonchev–Trinajstić information content (AvgIpc) is 3.43. The number of ketones is 2. The highest BCUT2D eigenvalue weighted by molar-refractivity contribution is 6.35. The summed E-state index contributed by atoms with van der Waals surface area (Å²) in [6.45, 7) is 0.365.